The van der Waals surface area contributed by atoms with Crippen molar-refractivity contribution in [2.75, 3.05) is 19.8 Å². The minimum Gasteiger partial charge on any atom is -0.391 e. The summed E-state index contributed by atoms with van der Waals surface area (Å²) in [5.41, 5.74) is 0. The Balaban J connectivity index is 2.13. The van der Waals surface area contributed by atoms with Crippen LogP contribution in [0.2, 0.25) is 0 Å². The number of hydrogen-bond donors (Lipinski definition) is 2. The molecule has 2 rings (SSSR count). The first-order chi connectivity index (χ1) is 5.86. The summed E-state index contributed by atoms with van der Waals surface area (Å²) in [6.07, 6.45) is 0. The van der Waals surface area contributed by atoms with Crippen LogP contribution in [0.25, 0.3) is 0 Å². The van der Waals surface area contributed by atoms with Crippen LogP contribution >= 0.6 is 0 Å². The maximum atomic E-state index is 10.6. The highest BCUT2D eigenvalue weighted by atomic mass is 16.5. The molecular weight excluding hydrogens is 162 g/mol. The average Bonchev–Trinajstić information content (AvgIpc) is 2.54. The van der Waals surface area contributed by atoms with Crippen molar-refractivity contribution in [2.24, 2.45) is 0 Å². The first kappa shape index (κ1) is 7.51. The van der Waals surface area contributed by atoms with Crippen LogP contribution in [0.15, 0.2) is 9.21 Å². The molecule has 0 saturated carbocycles. The van der Waals surface area contributed by atoms with Gasteiger partial charge in [0, 0.05) is 6.54 Å². The lowest BCUT2D eigenvalue weighted by Crippen LogP contribution is -2.34. The number of nitrogens with zero attached hydrogens (tertiary/aromatic N) is 1. The number of hydrogen-bond acceptors (Lipinski definition) is 5. The van der Waals surface area contributed by atoms with Crippen molar-refractivity contribution in [3.8, 4) is 0 Å². The van der Waals surface area contributed by atoms with E-state index in [0.717, 1.165) is 6.54 Å². The van der Waals surface area contributed by atoms with Gasteiger partial charge in [-0.2, -0.15) is 0 Å². The Morgan fingerprint density at radius 1 is 1.58 bits per heavy atom. The molecule has 1 saturated heterocycles. The van der Waals surface area contributed by atoms with Gasteiger partial charge in [0.2, 0.25) is 5.89 Å². The van der Waals surface area contributed by atoms with Crippen molar-refractivity contribution in [3.05, 3.63) is 16.4 Å². The summed E-state index contributed by atoms with van der Waals surface area (Å²) in [5, 5.41) is 9.00. The maximum absolute atomic E-state index is 10.6. The van der Waals surface area contributed by atoms with Crippen molar-refractivity contribution in [2.45, 2.75) is 6.04 Å². The summed E-state index contributed by atoms with van der Waals surface area (Å²) in [7, 11) is 0. The Labute approximate surface area is 67.9 Å². The minimum atomic E-state index is -0.530. The summed E-state index contributed by atoms with van der Waals surface area (Å²) in [5.74, 6) is -0.169. The smallest absolute Gasteiger partial charge is 0.391 e. The van der Waals surface area contributed by atoms with Gasteiger partial charge < -0.3 is 14.5 Å². The van der Waals surface area contributed by atoms with Crippen molar-refractivity contribution >= 4 is 0 Å². The number of ether oxygens (including phenoxy) is 1. The summed E-state index contributed by atoms with van der Waals surface area (Å²) in [4.78, 5) is 10.6. The molecule has 2 heterocycles. The standard InChI is InChI=1S/C6H9N3O3/c10-6-9-8-5(12-6)4-3-11-2-1-7-4/h4,7H,1-3H2,(H,9,10)/t4-/m0/s1. The van der Waals surface area contributed by atoms with Crippen LogP contribution in [0.4, 0.5) is 0 Å². The molecule has 1 fully saturated rings. The number of morpholine rings is 1. The molecule has 0 radical (unpaired) electrons. The van der Waals surface area contributed by atoms with Gasteiger partial charge in [-0.1, -0.05) is 0 Å². The lowest BCUT2D eigenvalue weighted by Gasteiger charge is -2.20. The van der Waals surface area contributed by atoms with Crippen molar-refractivity contribution in [1.82, 2.24) is 15.5 Å². The zero-order valence-corrected chi connectivity index (χ0v) is 6.37. The van der Waals surface area contributed by atoms with Gasteiger partial charge in [-0.3, -0.25) is 0 Å². The Morgan fingerprint density at radius 2 is 2.50 bits per heavy atom. The van der Waals surface area contributed by atoms with Crippen LogP contribution in [0.3, 0.4) is 0 Å². The van der Waals surface area contributed by atoms with Crippen molar-refractivity contribution in [3.63, 3.8) is 0 Å². The molecule has 1 aliphatic rings. The summed E-state index contributed by atoms with van der Waals surface area (Å²) < 4.78 is 9.93. The molecule has 0 unspecified atom stereocenters. The van der Waals surface area contributed by atoms with Crippen LogP contribution < -0.4 is 11.1 Å². The Kier molecular flexibility index (Phi) is 1.92. The van der Waals surface area contributed by atoms with E-state index < -0.39 is 5.76 Å². The molecule has 0 bridgehead atoms. The largest absolute Gasteiger partial charge is 0.434 e. The molecule has 6 heteroatoms. The highest BCUT2D eigenvalue weighted by molar-refractivity contribution is 4.87. The zero-order chi connectivity index (χ0) is 8.39. The van der Waals surface area contributed by atoms with Gasteiger partial charge >= 0.3 is 5.76 Å². The monoisotopic (exact) mass is 171 g/mol. The molecule has 1 atom stereocenters. The van der Waals surface area contributed by atoms with E-state index in [2.05, 4.69) is 15.5 Å². The SMILES string of the molecule is O=c1[nH]nc([C@@H]2COCCN2)o1. The summed E-state index contributed by atoms with van der Waals surface area (Å²) in [6, 6.07) is -0.0994. The molecule has 0 amide bonds. The number of aromatic amines is 1. The highest BCUT2D eigenvalue weighted by Crippen LogP contribution is 2.09. The van der Waals surface area contributed by atoms with E-state index in [1.165, 1.54) is 0 Å². The molecule has 1 aliphatic heterocycles. The lowest BCUT2D eigenvalue weighted by atomic mass is 10.3. The van der Waals surface area contributed by atoms with E-state index in [4.69, 9.17) is 9.15 Å². The molecule has 6 nitrogen and oxygen atoms in total. The second-order valence-electron chi connectivity index (χ2n) is 2.53. The molecule has 0 aliphatic carbocycles. The molecular formula is C6H9N3O3. The first-order valence-corrected chi connectivity index (χ1v) is 3.73. The summed E-state index contributed by atoms with van der Waals surface area (Å²) in [6.45, 7) is 1.93. The lowest BCUT2D eigenvalue weighted by molar-refractivity contribution is 0.0677. The quantitative estimate of drug-likeness (QED) is 0.568. The summed E-state index contributed by atoms with van der Waals surface area (Å²) >= 11 is 0. The van der Waals surface area contributed by atoms with E-state index in [1.54, 1.807) is 0 Å². The number of rotatable bonds is 1. The first-order valence-electron chi connectivity index (χ1n) is 3.73. The van der Waals surface area contributed by atoms with E-state index in [9.17, 15) is 4.79 Å². The molecule has 2 N–H and O–H groups in total. The fraction of sp³-hybridized carbons (Fsp3) is 0.667. The Bertz CT molecular complexity index is 299. The van der Waals surface area contributed by atoms with Gasteiger partial charge in [-0.05, 0) is 0 Å². The predicted octanol–water partition coefficient (Wildman–Crippen LogP) is -0.976. The van der Waals surface area contributed by atoms with E-state index in [1.807, 2.05) is 0 Å². The number of H-pyrrole nitrogens is 1. The third kappa shape index (κ3) is 1.39. The molecule has 0 spiro atoms. The van der Waals surface area contributed by atoms with Gasteiger partial charge in [0.1, 0.15) is 6.04 Å². The maximum Gasteiger partial charge on any atom is 0.434 e. The van der Waals surface area contributed by atoms with Crippen LogP contribution in [0.1, 0.15) is 11.9 Å². The van der Waals surface area contributed by atoms with Gasteiger partial charge in [0.05, 0.1) is 13.2 Å². The van der Waals surface area contributed by atoms with E-state index in [0.29, 0.717) is 19.1 Å². The second kappa shape index (κ2) is 3.08. The zero-order valence-electron chi connectivity index (χ0n) is 6.37. The average molecular weight is 171 g/mol. The van der Waals surface area contributed by atoms with Crippen molar-refractivity contribution in [1.29, 1.82) is 0 Å². The van der Waals surface area contributed by atoms with Crippen molar-refractivity contribution < 1.29 is 9.15 Å². The third-order valence-corrected chi connectivity index (χ3v) is 1.67. The third-order valence-electron chi connectivity index (χ3n) is 1.67. The number of nitrogens with one attached hydrogen (secondary N) is 2. The normalized spacial score (nSPS) is 24.2. The van der Waals surface area contributed by atoms with Gasteiger partial charge in [0.15, 0.2) is 0 Å². The Hall–Kier alpha value is -1.14. The number of aromatic nitrogens is 2. The molecule has 1 aromatic heterocycles. The van der Waals surface area contributed by atoms with Crippen LogP contribution in [0.5, 0.6) is 0 Å². The molecule has 0 aromatic carbocycles. The topological polar surface area (TPSA) is 80.2 Å². The fourth-order valence-corrected chi connectivity index (χ4v) is 1.11. The van der Waals surface area contributed by atoms with E-state index >= 15 is 0 Å². The second-order valence-corrected chi connectivity index (χ2v) is 2.53. The van der Waals surface area contributed by atoms with Gasteiger partial charge in [0.25, 0.3) is 0 Å². The Morgan fingerprint density at radius 3 is 3.08 bits per heavy atom. The van der Waals surface area contributed by atoms with Gasteiger partial charge in [-0.25, -0.2) is 9.89 Å². The van der Waals surface area contributed by atoms with Crippen LogP contribution in [0, 0.1) is 0 Å². The molecule has 1 aromatic rings. The predicted molar refractivity (Wildman–Crippen MR) is 38.7 cm³/mol. The minimum absolute atomic E-state index is 0.0994. The van der Waals surface area contributed by atoms with Crippen LogP contribution in [-0.4, -0.2) is 30.0 Å². The van der Waals surface area contributed by atoms with E-state index in [-0.39, 0.29) is 6.04 Å². The van der Waals surface area contributed by atoms with Gasteiger partial charge in [-0.15, -0.1) is 5.10 Å². The fourth-order valence-electron chi connectivity index (χ4n) is 1.11. The molecule has 12 heavy (non-hydrogen) atoms. The molecule has 66 valence electrons. The highest BCUT2D eigenvalue weighted by Gasteiger charge is 2.19. The van der Waals surface area contributed by atoms with Crippen LogP contribution in [-0.2, 0) is 4.74 Å².